The zero-order valence-electron chi connectivity index (χ0n) is 13.8. The lowest BCUT2D eigenvalue weighted by molar-refractivity contribution is -0.183. The molecule has 0 fully saturated rings. The van der Waals surface area contributed by atoms with E-state index >= 15 is 0 Å². The van der Waals surface area contributed by atoms with Crippen molar-refractivity contribution in [3.8, 4) is 0 Å². The molecule has 0 radical (unpaired) electrons. The molecule has 0 spiro atoms. The van der Waals surface area contributed by atoms with Crippen LogP contribution in [0.3, 0.4) is 0 Å². The molecule has 1 unspecified atom stereocenters. The van der Waals surface area contributed by atoms with E-state index in [-0.39, 0.29) is 13.2 Å². The maximum atomic E-state index is 12.1. The second kappa shape index (κ2) is 11.0. The van der Waals surface area contributed by atoms with Crippen LogP contribution in [-0.2, 0) is 33.3 Å². The molecule has 7 nitrogen and oxygen atoms in total. The summed E-state index contributed by atoms with van der Waals surface area (Å²) in [6, 6.07) is 0. The topological polar surface area (TPSA) is 88.1 Å². The zero-order chi connectivity index (χ0) is 17.0. The molecular formula is C15H26O7. The SMILES string of the molecule is CCCCOC(CC(=O)OC)(CC(=O)OCCC)C(=O)OC. The van der Waals surface area contributed by atoms with Gasteiger partial charge in [-0.05, 0) is 12.8 Å². The maximum absolute atomic E-state index is 12.1. The Balaban J connectivity index is 5.19. The fourth-order valence-electron chi connectivity index (χ4n) is 1.77. The largest absolute Gasteiger partial charge is 0.469 e. The zero-order valence-corrected chi connectivity index (χ0v) is 13.8. The van der Waals surface area contributed by atoms with Crippen molar-refractivity contribution in [2.45, 2.75) is 51.6 Å². The van der Waals surface area contributed by atoms with Gasteiger partial charge < -0.3 is 18.9 Å². The molecule has 0 saturated carbocycles. The van der Waals surface area contributed by atoms with E-state index in [1.165, 1.54) is 14.2 Å². The number of rotatable bonds is 11. The van der Waals surface area contributed by atoms with E-state index < -0.39 is 36.4 Å². The van der Waals surface area contributed by atoms with Gasteiger partial charge in [-0.25, -0.2) is 4.79 Å². The molecule has 0 aromatic carbocycles. The first kappa shape index (κ1) is 20.4. The standard InChI is InChI=1S/C15H26O7/c1-5-7-9-22-15(14(18)20-4,10-12(16)19-3)11-13(17)21-8-6-2/h5-11H2,1-4H3. The molecule has 0 aromatic rings. The minimum atomic E-state index is -1.71. The quantitative estimate of drug-likeness (QED) is 0.325. The third-order valence-electron chi connectivity index (χ3n) is 2.99. The number of unbranched alkanes of at least 4 members (excludes halogenated alkanes) is 1. The molecule has 0 saturated heterocycles. The van der Waals surface area contributed by atoms with Crippen LogP contribution in [0.15, 0.2) is 0 Å². The summed E-state index contributed by atoms with van der Waals surface area (Å²) in [5, 5.41) is 0. The minimum absolute atomic E-state index is 0.226. The molecule has 128 valence electrons. The lowest BCUT2D eigenvalue weighted by atomic mass is 9.95. The predicted molar refractivity (Wildman–Crippen MR) is 78.1 cm³/mol. The highest BCUT2D eigenvalue weighted by Crippen LogP contribution is 2.25. The van der Waals surface area contributed by atoms with Crippen molar-refractivity contribution in [3.63, 3.8) is 0 Å². The minimum Gasteiger partial charge on any atom is -0.469 e. The summed E-state index contributed by atoms with van der Waals surface area (Å²) in [7, 11) is 2.38. The lowest BCUT2D eigenvalue weighted by Gasteiger charge is -2.29. The average Bonchev–Trinajstić information content (AvgIpc) is 2.51. The number of hydrogen-bond acceptors (Lipinski definition) is 7. The Bertz CT molecular complexity index is 367. The Kier molecular flexibility index (Phi) is 10.2. The van der Waals surface area contributed by atoms with E-state index in [0.29, 0.717) is 12.8 Å². The van der Waals surface area contributed by atoms with Crippen LogP contribution in [0.1, 0.15) is 46.0 Å². The van der Waals surface area contributed by atoms with Gasteiger partial charge >= 0.3 is 17.9 Å². The molecule has 0 rings (SSSR count). The summed E-state index contributed by atoms with van der Waals surface area (Å²) < 4.78 is 19.9. The van der Waals surface area contributed by atoms with Crippen LogP contribution in [0.5, 0.6) is 0 Å². The average molecular weight is 318 g/mol. The first-order valence-electron chi connectivity index (χ1n) is 7.40. The second-order valence-corrected chi connectivity index (χ2v) is 4.84. The van der Waals surface area contributed by atoms with Gasteiger partial charge in [-0.1, -0.05) is 20.3 Å². The first-order valence-corrected chi connectivity index (χ1v) is 7.40. The Morgan fingerprint density at radius 3 is 2.00 bits per heavy atom. The van der Waals surface area contributed by atoms with Crippen molar-refractivity contribution >= 4 is 17.9 Å². The molecule has 0 amide bonds. The summed E-state index contributed by atoms with van der Waals surface area (Å²) in [5.74, 6) is -2.07. The van der Waals surface area contributed by atoms with Crippen LogP contribution in [-0.4, -0.2) is 50.9 Å². The van der Waals surface area contributed by atoms with Crippen molar-refractivity contribution < 1.29 is 33.3 Å². The highest BCUT2D eigenvalue weighted by atomic mass is 16.6. The van der Waals surface area contributed by atoms with Gasteiger partial charge in [0.05, 0.1) is 33.7 Å². The van der Waals surface area contributed by atoms with Crippen LogP contribution < -0.4 is 0 Å². The van der Waals surface area contributed by atoms with Gasteiger partial charge in [0, 0.05) is 6.61 Å². The number of hydrogen-bond donors (Lipinski definition) is 0. The van der Waals surface area contributed by atoms with Crippen LogP contribution in [0.4, 0.5) is 0 Å². The van der Waals surface area contributed by atoms with E-state index in [2.05, 4.69) is 4.74 Å². The normalized spacial score (nSPS) is 13.1. The lowest BCUT2D eigenvalue weighted by Crippen LogP contribution is -2.47. The Labute approximate surface area is 131 Å². The third kappa shape index (κ3) is 6.89. The van der Waals surface area contributed by atoms with Crippen molar-refractivity contribution in [3.05, 3.63) is 0 Å². The molecule has 0 N–H and O–H groups in total. The molecular weight excluding hydrogens is 292 g/mol. The molecule has 0 aliphatic rings. The monoisotopic (exact) mass is 318 g/mol. The molecule has 1 atom stereocenters. The summed E-state index contributed by atoms with van der Waals surface area (Å²) in [6.45, 7) is 4.28. The van der Waals surface area contributed by atoms with Crippen molar-refractivity contribution in [2.24, 2.45) is 0 Å². The summed E-state index contributed by atoms with van der Waals surface area (Å²) in [5.41, 5.74) is -1.71. The van der Waals surface area contributed by atoms with E-state index in [1.54, 1.807) is 0 Å². The van der Waals surface area contributed by atoms with Gasteiger partial charge in [0.1, 0.15) is 0 Å². The fourth-order valence-corrected chi connectivity index (χ4v) is 1.77. The van der Waals surface area contributed by atoms with Crippen LogP contribution >= 0.6 is 0 Å². The third-order valence-corrected chi connectivity index (χ3v) is 2.99. The summed E-state index contributed by atoms with van der Waals surface area (Å²) in [6.07, 6.45) is 1.39. The maximum Gasteiger partial charge on any atom is 0.339 e. The second-order valence-electron chi connectivity index (χ2n) is 4.84. The highest BCUT2D eigenvalue weighted by molar-refractivity contribution is 5.90. The van der Waals surface area contributed by atoms with Gasteiger partial charge in [-0.15, -0.1) is 0 Å². The van der Waals surface area contributed by atoms with Crippen LogP contribution in [0, 0.1) is 0 Å². The number of carbonyl (C=O) groups excluding carboxylic acids is 3. The van der Waals surface area contributed by atoms with Gasteiger partial charge in [-0.2, -0.15) is 0 Å². The number of esters is 3. The van der Waals surface area contributed by atoms with Crippen molar-refractivity contribution in [2.75, 3.05) is 27.4 Å². The van der Waals surface area contributed by atoms with E-state index in [4.69, 9.17) is 14.2 Å². The summed E-state index contributed by atoms with van der Waals surface area (Å²) in [4.78, 5) is 35.6. The van der Waals surface area contributed by atoms with E-state index in [0.717, 1.165) is 6.42 Å². The molecule has 7 heteroatoms. The Morgan fingerprint density at radius 1 is 0.864 bits per heavy atom. The summed E-state index contributed by atoms with van der Waals surface area (Å²) >= 11 is 0. The highest BCUT2D eigenvalue weighted by Gasteiger charge is 2.46. The predicted octanol–water partition coefficient (Wildman–Crippen LogP) is 1.62. The van der Waals surface area contributed by atoms with Gasteiger partial charge in [0.2, 0.25) is 0 Å². The smallest absolute Gasteiger partial charge is 0.339 e. The number of methoxy groups -OCH3 is 2. The molecule has 0 aromatic heterocycles. The Hall–Kier alpha value is -1.63. The molecule has 0 aliphatic carbocycles. The molecule has 0 aliphatic heterocycles. The molecule has 0 heterocycles. The van der Waals surface area contributed by atoms with Crippen molar-refractivity contribution in [1.82, 2.24) is 0 Å². The molecule has 0 bridgehead atoms. The van der Waals surface area contributed by atoms with Crippen molar-refractivity contribution in [1.29, 1.82) is 0 Å². The van der Waals surface area contributed by atoms with Gasteiger partial charge in [-0.3, -0.25) is 9.59 Å². The first-order chi connectivity index (χ1) is 10.5. The van der Waals surface area contributed by atoms with Gasteiger partial charge in [0.15, 0.2) is 5.60 Å². The van der Waals surface area contributed by atoms with Crippen LogP contribution in [0.25, 0.3) is 0 Å². The van der Waals surface area contributed by atoms with E-state index in [1.807, 2.05) is 13.8 Å². The van der Waals surface area contributed by atoms with E-state index in [9.17, 15) is 14.4 Å². The number of ether oxygens (including phenoxy) is 4. The fraction of sp³-hybridized carbons (Fsp3) is 0.800. The number of carbonyl (C=O) groups is 3. The van der Waals surface area contributed by atoms with Crippen LogP contribution in [0.2, 0.25) is 0 Å². The molecule has 22 heavy (non-hydrogen) atoms. The Morgan fingerprint density at radius 2 is 1.50 bits per heavy atom. The van der Waals surface area contributed by atoms with Gasteiger partial charge in [0.25, 0.3) is 0 Å².